The Kier molecular flexibility index (Phi) is 4.39. The summed E-state index contributed by atoms with van der Waals surface area (Å²) in [6.07, 6.45) is 0.520. The third kappa shape index (κ3) is 3.11. The molecule has 0 aliphatic carbocycles. The van der Waals surface area contributed by atoms with E-state index in [-0.39, 0.29) is 18.2 Å². The lowest BCUT2D eigenvalue weighted by Gasteiger charge is -2.07. The topological polar surface area (TPSA) is 75.4 Å². The van der Waals surface area contributed by atoms with E-state index >= 15 is 0 Å². The fourth-order valence-electron chi connectivity index (χ4n) is 1.11. The van der Waals surface area contributed by atoms with Gasteiger partial charge in [-0.05, 0) is 18.6 Å². The normalized spacial score (nSPS) is 10.0. The molecule has 1 aromatic rings. The monoisotopic (exact) mass is 228 g/mol. The summed E-state index contributed by atoms with van der Waals surface area (Å²) in [6.45, 7) is 0.465. The number of halogens is 1. The summed E-state index contributed by atoms with van der Waals surface area (Å²) in [5.41, 5.74) is 6.29. The number of carbonyl (C=O) groups is 1. The zero-order chi connectivity index (χ0) is 11.3. The molecule has 0 bridgehead atoms. The number of rotatable bonds is 4. The Morgan fingerprint density at radius 2 is 2.27 bits per heavy atom. The van der Waals surface area contributed by atoms with Crippen LogP contribution in [0, 0.1) is 0 Å². The van der Waals surface area contributed by atoms with Crippen LogP contribution in [0.5, 0.6) is 0 Å². The van der Waals surface area contributed by atoms with Crippen molar-refractivity contribution in [2.24, 2.45) is 0 Å². The van der Waals surface area contributed by atoms with Crippen LogP contribution in [-0.4, -0.2) is 24.2 Å². The lowest BCUT2D eigenvalue weighted by molar-refractivity contribution is 0.0952. The quantitative estimate of drug-likeness (QED) is 0.532. The minimum Gasteiger partial charge on any atom is -0.397 e. The van der Waals surface area contributed by atoms with Crippen LogP contribution in [-0.2, 0) is 0 Å². The highest BCUT2D eigenvalue weighted by Crippen LogP contribution is 2.21. The molecule has 1 aromatic carbocycles. The number of para-hydroxylation sites is 1. The van der Waals surface area contributed by atoms with E-state index in [0.717, 1.165) is 0 Å². The van der Waals surface area contributed by atoms with Crippen molar-refractivity contribution >= 4 is 23.2 Å². The minimum atomic E-state index is -0.275. The zero-order valence-electron chi connectivity index (χ0n) is 8.16. The van der Waals surface area contributed by atoms with E-state index in [1.165, 1.54) is 0 Å². The number of nitrogens with one attached hydrogen (secondary N) is 1. The van der Waals surface area contributed by atoms with Gasteiger partial charge < -0.3 is 16.2 Å². The van der Waals surface area contributed by atoms with Crippen molar-refractivity contribution in [1.29, 1.82) is 0 Å². The molecule has 1 amide bonds. The van der Waals surface area contributed by atoms with Crippen LogP contribution in [0.2, 0.25) is 5.02 Å². The number of amides is 1. The number of hydrogen-bond acceptors (Lipinski definition) is 3. The van der Waals surface area contributed by atoms with Crippen LogP contribution in [0.3, 0.4) is 0 Å². The molecule has 0 atom stereocenters. The van der Waals surface area contributed by atoms with Crippen molar-refractivity contribution < 1.29 is 9.90 Å². The number of nitrogens with two attached hydrogens (primary N) is 1. The van der Waals surface area contributed by atoms with Crippen molar-refractivity contribution in [2.75, 3.05) is 18.9 Å². The molecule has 0 aliphatic heterocycles. The van der Waals surface area contributed by atoms with Crippen LogP contribution in [0.15, 0.2) is 18.2 Å². The van der Waals surface area contributed by atoms with Gasteiger partial charge in [-0.3, -0.25) is 4.79 Å². The number of aliphatic hydroxyl groups is 1. The Balaban J connectivity index is 2.69. The Morgan fingerprint density at radius 3 is 2.93 bits per heavy atom. The van der Waals surface area contributed by atoms with Gasteiger partial charge in [0.1, 0.15) is 0 Å². The first-order valence-corrected chi connectivity index (χ1v) is 4.97. The first-order chi connectivity index (χ1) is 7.16. The first kappa shape index (κ1) is 11.8. The average Bonchev–Trinajstić information content (AvgIpc) is 2.22. The Morgan fingerprint density at radius 1 is 1.53 bits per heavy atom. The summed E-state index contributed by atoms with van der Waals surface area (Å²) in [5.74, 6) is -0.275. The molecule has 0 aromatic heterocycles. The maximum Gasteiger partial charge on any atom is 0.253 e. The molecule has 0 fully saturated rings. The number of carbonyl (C=O) groups excluding carboxylic acids is 1. The number of nitrogen functional groups attached to an aromatic ring is 1. The highest BCUT2D eigenvalue weighted by atomic mass is 35.5. The van der Waals surface area contributed by atoms with Gasteiger partial charge in [0.2, 0.25) is 0 Å². The average molecular weight is 229 g/mol. The summed E-state index contributed by atoms with van der Waals surface area (Å²) >= 11 is 5.77. The molecular weight excluding hydrogens is 216 g/mol. The first-order valence-electron chi connectivity index (χ1n) is 4.60. The molecule has 4 N–H and O–H groups in total. The van der Waals surface area contributed by atoms with Crippen molar-refractivity contribution in [3.63, 3.8) is 0 Å². The zero-order valence-corrected chi connectivity index (χ0v) is 8.92. The van der Waals surface area contributed by atoms with Crippen LogP contribution < -0.4 is 11.1 Å². The standard InChI is InChI=1S/C10H13ClN2O2/c11-8-4-1-3-7(9(8)12)10(15)13-5-2-6-14/h1,3-4,14H,2,5-6,12H2,(H,13,15). The smallest absolute Gasteiger partial charge is 0.253 e. The highest BCUT2D eigenvalue weighted by Gasteiger charge is 2.10. The van der Waals surface area contributed by atoms with Gasteiger partial charge in [0.15, 0.2) is 0 Å². The minimum absolute atomic E-state index is 0.0469. The van der Waals surface area contributed by atoms with Crippen LogP contribution >= 0.6 is 11.6 Å². The van der Waals surface area contributed by atoms with Crippen molar-refractivity contribution in [2.45, 2.75) is 6.42 Å². The summed E-state index contributed by atoms with van der Waals surface area (Å²) < 4.78 is 0. The maximum absolute atomic E-state index is 11.6. The van der Waals surface area contributed by atoms with E-state index in [2.05, 4.69) is 5.32 Å². The van der Waals surface area contributed by atoms with Gasteiger partial charge in [0.25, 0.3) is 5.91 Å². The second-order valence-electron chi connectivity index (χ2n) is 3.03. The van der Waals surface area contributed by atoms with Gasteiger partial charge in [-0.25, -0.2) is 0 Å². The van der Waals surface area contributed by atoms with Crippen molar-refractivity contribution in [3.05, 3.63) is 28.8 Å². The molecule has 15 heavy (non-hydrogen) atoms. The van der Waals surface area contributed by atoms with E-state index in [9.17, 15) is 4.79 Å². The van der Waals surface area contributed by atoms with Crippen molar-refractivity contribution in [1.82, 2.24) is 5.32 Å². The van der Waals surface area contributed by atoms with Crippen molar-refractivity contribution in [3.8, 4) is 0 Å². The lowest BCUT2D eigenvalue weighted by Crippen LogP contribution is -2.25. The predicted molar refractivity (Wildman–Crippen MR) is 59.9 cm³/mol. The molecule has 4 nitrogen and oxygen atoms in total. The number of anilines is 1. The van der Waals surface area contributed by atoms with Gasteiger partial charge in [-0.15, -0.1) is 0 Å². The molecule has 0 radical (unpaired) electrons. The SMILES string of the molecule is Nc1c(Cl)cccc1C(=O)NCCCO. The van der Waals surface area contributed by atoms with E-state index in [1.54, 1.807) is 18.2 Å². The third-order valence-electron chi connectivity index (χ3n) is 1.92. The second-order valence-corrected chi connectivity index (χ2v) is 3.44. The molecule has 82 valence electrons. The molecule has 1 rings (SSSR count). The van der Waals surface area contributed by atoms with Gasteiger partial charge in [0, 0.05) is 13.2 Å². The molecule has 0 unspecified atom stereocenters. The fourth-order valence-corrected chi connectivity index (χ4v) is 1.29. The largest absolute Gasteiger partial charge is 0.397 e. The van der Waals surface area contributed by atoms with Crippen LogP contribution in [0.1, 0.15) is 16.8 Å². The summed E-state index contributed by atoms with van der Waals surface area (Å²) in [5, 5.41) is 11.5. The van der Waals surface area contributed by atoms with E-state index in [1.807, 2.05) is 0 Å². The maximum atomic E-state index is 11.6. The molecule has 0 aliphatic rings. The lowest BCUT2D eigenvalue weighted by atomic mass is 10.1. The summed E-state index contributed by atoms with van der Waals surface area (Å²) in [7, 11) is 0. The van der Waals surface area contributed by atoms with Crippen LogP contribution in [0.25, 0.3) is 0 Å². The van der Waals surface area contributed by atoms with Gasteiger partial charge in [-0.2, -0.15) is 0 Å². The number of benzene rings is 1. The van der Waals surface area contributed by atoms with E-state index in [0.29, 0.717) is 23.6 Å². The highest BCUT2D eigenvalue weighted by molar-refractivity contribution is 6.33. The third-order valence-corrected chi connectivity index (χ3v) is 2.25. The number of hydrogen-bond donors (Lipinski definition) is 3. The molecule has 0 saturated heterocycles. The molecular formula is C10H13ClN2O2. The Hall–Kier alpha value is -1.26. The van der Waals surface area contributed by atoms with E-state index in [4.69, 9.17) is 22.4 Å². The predicted octanol–water partition coefficient (Wildman–Crippen LogP) is 1.03. The fraction of sp³-hybridized carbons (Fsp3) is 0.300. The number of aliphatic hydroxyl groups excluding tert-OH is 1. The van der Waals surface area contributed by atoms with Gasteiger partial charge in [-0.1, -0.05) is 17.7 Å². The molecule has 0 saturated carbocycles. The van der Waals surface area contributed by atoms with E-state index < -0.39 is 0 Å². The molecule has 5 heteroatoms. The van der Waals surface area contributed by atoms with Gasteiger partial charge in [0.05, 0.1) is 16.3 Å². The molecule has 0 heterocycles. The summed E-state index contributed by atoms with van der Waals surface area (Å²) in [4.78, 5) is 11.6. The summed E-state index contributed by atoms with van der Waals surface area (Å²) in [6, 6.07) is 4.90. The molecule has 0 spiro atoms. The second kappa shape index (κ2) is 5.58. The van der Waals surface area contributed by atoms with Crippen LogP contribution in [0.4, 0.5) is 5.69 Å². The Bertz CT molecular complexity index is 355. The Labute approximate surface area is 93.0 Å². The van der Waals surface area contributed by atoms with Gasteiger partial charge >= 0.3 is 0 Å².